The molecule has 0 atom stereocenters. The molecule has 21 aromatic rings. The third kappa shape index (κ3) is 10.5. The second-order valence-corrected chi connectivity index (χ2v) is 32.0. The Labute approximate surface area is 657 Å². The summed E-state index contributed by atoms with van der Waals surface area (Å²) in [6.45, 7) is 9.49. The highest BCUT2D eigenvalue weighted by molar-refractivity contribution is 6.24. The van der Waals surface area contributed by atoms with Gasteiger partial charge in [0.05, 0.1) is 0 Å². The standard InChI is InChI=1S/C61H40O.C51H36/c1-61(2)55-30-26-39(34-52(55)51-29-25-38-14-4-6-19-46(38)60(51)61)40-27-31-56-53(35-40)54-36-43(28-32-57(54)62-56)59-49-22-9-7-20-47(49)58(48-21-8-10-23-50(48)59)42-17-11-16-41(33-42)45-24-12-15-37-13-3-5-18-44(37)45;1-51(2)47-30-28-38(32-46(47)45-29-27-35-15-6-7-18-40(35)50(45)51)34-23-25-36(26-24-34)48-41-19-8-10-21-43(41)49(44-22-11-9-20-42(44)48)39-17-12-16-37(31-39)33-13-4-3-5-14-33/h3-36H,1-2H3;3-32H,1-2H3. The van der Waals surface area contributed by atoms with Crippen LogP contribution >= 0.6 is 0 Å². The van der Waals surface area contributed by atoms with E-state index in [0.29, 0.717) is 0 Å². The van der Waals surface area contributed by atoms with E-state index in [4.69, 9.17) is 4.42 Å². The fourth-order valence-corrected chi connectivity index (χ4v) is 19.8. The molecule has 1 heteroatoms. The van der Waals surface area contributed by atoms with Gasteiger partial charge < -0.3 is 4.42 Å². The molecule has 0 radical (unpaired) electrons. The topological polar surface area (TPSA) is 13.1 Å². The molecule has 0 spiro atoms. The van der Waals surface area contributed by atoms with Gasteiger partial charge in [-0.1, -0.05) is 367 Å². The number of rotatable bonds is 8. The smallest absolute Gasteiger partial charge is 0.135 e. The minimum atomic E-state index is -0.0841. The van der Waals surface area contributed by atoms with Crippen LogP contribution in [0.25, 0.3) is 209 Å². The zero-order valence-corrected chi connectivity index (χ0v) is 63.4. The molecule has 1 heterocycles. The minimum absolute atomic E-state index is 0.0505. The van der Waals surface area contributed by atoms with Gasteiger partial charge in [-0.05, 0) is 257 Å². The maximum Gasteiger partial charge on any atom is 0.135 e. The van der Waals surface area contributed by atoms with E-state index in [2.05, 4.69) is 416 Å². The van der Waals surface area contributed by atoms with Gasteiger partial charge in [-0.2, -0.15) is 0 Å². The number of hydrogen-bond donors (Lipinski definition) is 0. The predicted molar refractivity (Wildman–Crippen MR) is 481 cm³/mol. The maximum absolute atomic E-state index is 6.55. The first-order valence-electron chi connectivity index (χ1n) is 39.6. The molecule has 0 unspecified atom stereocenters. The summed E-state index contributed by atoms with van der Waals surface area (Å²) < 4.78 is 6.55. The summed E-state index contributed by atoms with van der Waals surface area (Å²) in [6.07, 6.45) is 0. The van der Waals surface area contributed by atoms with Crippen molar-refractivity contribution in [3.8, 4) is 111 Å². The van der Waals surface area contributed by atoms with Crippen LogP contribution in [0.1, 0.15) is 49.9 Å². The molecular formula is C112H76O. The van der Waals surface area contributed by atoms with Crippen molar-refractivity contribution in [1.82, 2.24) is 0 Å². The summed E-state index contributed by atoms with van der Waals surface area (Å²) in [4.78, 5) is 0. The highest BCUT2D eigenvalue weighted by atomic mass is 16.3. The Hall–Kier alpha value is -14.0. The highest BCUT2D eigenvalue weighted by Crippen LogP contribution is 2.56. The lowest BCUT2D eigenvalue weighted by molar-refractivity contribution is 0.666. The fraction of sp³-hybridized carbons (Fsp3) is 0.0536. The third-order valence-corrected chi connectivity index (χ3v) is 25.0. The zero-order valence-electron chi connectivity index (χ0n) is 63.4. The molecule has 23 rings (SSSR count). The van der Waals surface area contributed by atoms with E-state index >= 15 is 0 Å². The highest BCUT2D eigenvalue weighted by Gasteiger charge is 2.39. The van der Waals surface area contributed by atoms with Gasteiger partial charge in [0, 0.05) is 21.6 Å². The van der Waals surface area contributed by atoms with E-state index in [0.717, 1.165) is 21.9 Å². The Balaban J connectivity index is 0.000000141. The normalized spacial score (nSPS) is 13.1. The zero-order chi connectivity index (χ0) is 75.2. The van der Waals surface area contributed by atoms with Crippen molar-refractivity contribution in [2.24, 2.45) is 0 Å². The van der Waals surface area contributed by atoms with Gasteiger partial charge in [-0.15, -0.1) is 0 Å². The van der Waals surface area contributed by atoms with Crippen LogP contribution in [0.15, 0.2) is 393 Å². The van der Waals surface area contributed by atoms with Gasteiger partial charge in [0.15, 0.2) is 0 Å². The summed E-state index contributed by atoms with van der Waals surface area (Å²) in [6, 6.07) is 143. The fourth-order valence-electron chi connectivity index (χ4n) is 19.8. The molecule has 0 bridgehead atoms. The van der Waals surface area contributed by atoms with E-state index in [1.807, 2.05) is 0 Å². The van der Waals surface area contributed by atoms with Crippen molar-refractivity contribution in [3.05, 3.63) is 411 Å². The average Bonchev–Trinajstić information content (AvgIpc) is 1.52. The molecular weight excluding hydrogens is 1360 g/mol. The molecule has 0 aliphatic heterocycles. The predicted octanol–water partition coefficient (Wildman–Crippen LogP) is 31.3. The van der Waals surface area contributed by atoms with E-state index in [9.17, 15) is 0 Å². The first kappa shape index (κ1) is 66.0. The van der Waals surface area contributed by atoms with E-state index in [-0.39, 0.29) is 10.8 Å². The summed E-state index contributed by atoms with van der Waals surface area (Å²) >= 11 is 0. The number of hydrogen-bond acceptors (Lipinski definition) is 1. The minimum Gasteiger partial charge on any atom is -0.456 e. The Morgan fingerprint density at radius 2 is 0.469 bits per heavy atom. The first-order chi connectivity index (χ1) is 55.6. The van der Waals surface area contributed by atoms with Crippen LogP contribution < -0.4 is 0 Å². The molecule has 1 aromatic heterocycles. The monoisotopic (exact) mass is 1440 g/mol. The van der Waals surface area contributed by atoms with Crippen LogP contribution in [0.5, 0.6) is 0 Å². The maximum atomic E-state index is 6.55. The van der Waals surface area contributed by atoms with Crippen LogP contribution in [-0.2, 0) is 10.8 Å². The summed E-state index contributed by atoms with van der Waals surface area (Å²) in [5.74, 6) is 0. The Morgan fingerprint density at radius 1 is 0.168 bits per heavy atom. The molecule has 20 aromatic carbocycles. The van der Waals surface area contributed by atoms with Crippen LogP contribution in [0.3, 0.4) is 0 Å². The Kier molecular flexibility index (Phi) is 15.1. The number of fused-ring (bicyclic) bond motifs is 18. The molecule has 0 saturated heterocycles. The van der Waals surface area contributed by atoms with E-state index in [1.54, 1.807) is 0 Å². The summed E-state index contributed by atoms with van der Waals surface area (Å²) in [5, 5.41) is 20.1. The van der Waals surface area contributed by atoms with E-state index < -0.39 is 0 Å². The van der Waals surface area contributed by atoms with Crippen molar-refractivity contribution in [2.75, 3.05) is 0 Å². The van der Waals surface area contributed by atoms with E-state index in [1.165, 1.54) is 209 Å². The molecule has 530 valence electrons. The van der Waals surface area contributed by atoms with Gasteiger partial charge in [-0.25, -0.2) is 0 Å². The Morgan fingerprint density at radius 3 is 0.965 bits per heavy atom. The second-order valence-electron chi connectivity index (χ2n) is 32.0. The van der Waals surface area contributed by atoms with Crippen molar-refractivity contribution in [1.29, 1.82) is 0 Å². The summed E-state index contributed by atoms with van der Waals surface area (Å²) in [5.41, 5.74) is 32.4. The van der Waals surface area contributed by atoms with Crippen LogP contribution in [-0.4, -0.2) is 0 Å². The lowest BCUT2D eigenvalue weighted by Gasteiger charge is -2.23. The van der Waals surface area contributed by atoms with Crippen LogP contribution in [0.4, 0.5) is 0 Å². The SMILES string of the molecule is CC1(C)c2ccc(-c3ccc(-c4c5ccccc5c(-c5cccc(-c6ccccc6)c5)c5ccccc45)cc3)cc2-c2ccc3ccccc3c21.CC1(C)c2ccc(-c3ccc4oc5ccc(-c6c7ccccc7c(-c7cccc(-c8cccc9ccccc89)c7)c7ccccc67)cc5c4c3)cc2-c2ccc3ccccc3c21. The molecule has 2 aliphatic rings. The van der Waals surface area contributed by atoms with Gasteiger partial charge in [0.1, 0.15) is 11.2 Å². The molecule has 0 saturated carbocycles. The summed E-state index contributed by atoms with van der Waals surface area (Å²) in [7, 11) is 0. The largest absolute Gasteiger partial charge is 0.456 e. The lowest BCUT2D eigenvalue weighted by Crippen LogP contribution is -2.15. The van der Waals surface area contributed by atoms with Crippen molar-refractivity contribution >= 4 is 97.3 Å². The molecule has 2 aliphatic carbocycles. The molecule has 113 heavy (non-hydrogen) atoms. The van der Waals surface area contributed by atoms with Gasteiger partial charge in [0.25, 0.3) is 0 Å². The molecule has 0 fully saturated rings. The average molecular weight is 1440 g/mol. The van der Waals surface area contributed by atoms with Crippen LogP contribution in [0, 0.1) is 0 Å². The van der Waals surface area contributed by atoms with Crippen molar-refractivity contribution < 1.29 is 4.42 Å². The Bertz CT molecular complexity index is 7410. The van der Waals surface area contributed by atoms with Crippen molar-refractivity contribution in [3.63, 3.8) is 0 Å². The van der Waals surface area contributed by atoms with Crippen LogP contribution in [0.2, 0.25) is 0 Å². The third-order valence-electron chi connectivity index (χ3n) is 25.0. The molecule has 1 nitrogen and oxygen atoms in total. The van der Waals surface area contributed by atoms with Gasteiger partial charge in [-0.3, -0.25) is 0 Å². The lowest BCUT2D eigenvalue weighted by atomic mass is 9.80. The van der Waals surface area contributed by atoms with Crippen molar-refractivity contribution in [2.45, 2.75) is 38.5 Å². The number of furan rings is 1. The first-order valence-corrected chi connectivity index (χ1v) is 39.6. The second kappa shape index (κ2) is 25.8. The number of benzene rings is 20. The quantitative estimate of drug-likeness (QED) is 0.138. The van der Waals surface area contributed by atoms with Gasteiger partial charge >= 0.3 is 0 Å². The molecule has 0 amide bonds. The molecule has 0 N–H and O–H groups in total. The van der Waals surface area contributed by atoms with Gasteiger partial charge in [0.2, 0.25) is 0 Å².